The molecule has 3 heteroatoms. The number of hydrogen-bond donors (Lipinski definition) is 0. The summed E-state index contributed by atoms with van der Waals surface area (Å²) in [6.07, 6.45) is 3.78. The van der Waals surface area contributed by atoms with Crippen molar-refractivity contribution in [3.8, 4) is 0 Å². The van der Waals surface area contributed by atoms with Gasteiger partial charge in [-0.3, -0.25) is 0 Å². The fourth-order valence-corrected chi connectivity index (χ4v) is 0.832. The van der Waals surface area contributed by atoms with Gasteiger partial charge in [0.2, 0.25) is 0 Å². The molecule has 1 aromatic heterocycles. The first-order valence-electron chi connectivity index (χ1n) is 4.31. The van der Waals surface area contributed by atoms with Crippen molar-refractivity contribution < 1.29 is 0 Å². The normalized spacial score (nSPS) is 9.50. The van der Waals surface area contributed by atoms with Crippen LogP contribution < -0.4 is 0 Å². The predicted octanol–water partition coefficient (Wildman–Crippen LogP) is 1.51. The van der Waals surface area contributed by atoms with Gasteiger partial charge < -0.3 is 9.47 Å². The van der Waals surface area contributed by atoms with Crippen LogP contribution in [0.4, 0.5) is 0 Å². The molecule has 70 valence electrons. The summed E-state index contributed by atoms with van der Waals surface area (Å²) in [6.45, 7) is 4.91. The Morgan fingerprint density at radius 3 is 2.33 bits per heavy atom. The average Bonchev–Trinajstić information content (AvgIpc) is 2.40. The van der Waals surface area contributed by atoms with E-state index in [1.165, 1.54) is 0 Å². The maximum absolute atomic E-state index is 4.18. The third kappa shape index (κ3) is 3.53. The van der Waals surface area contributed by atoms with Crippen LogP contribution in [0.5, 0.6) is 0 Å². The summed E-state index contributed by atoms with van der Waals surface area (Å²) in [5.74, 6) is 1.10. The third-order valence-corrected chi connectivity index (χ3v) is 1.38. The lowest BCUT2D eigenvalue weighted by Crippen LogP contribution is -2.14. The molecular formula is C9H19N3. The summed E-state index contributed by atoms with van der Waals surface area (Å²) in [5, 5.41) is 0. The minimum atomic E-state index is 0.906. The molecule has 0 spiro atoms. The Kier molecular flexibility index (Phi) is 5.37. The van der Waals surface area contributed by atoms with Gasteiger partial charge in [0, 0.05) is 19.4 Å². The van der Waals surface area contributed by atoms with Gasteiger partial charge in [0.1, 0.15) is 5.82 Å². The predicted molar refractivity (Wildman–Crippen MR) is 51.9 cm³/mol. The number of aromatic nitrogens is 2. The van der Waals surface area contributed by atoms with Gasteiger partial charge in [-0.15, -0.1) is 0 Å². The molecule has 0 aliphatic rings. The lowest BCUT2D eigenvalue weighted by atomic mass is 10.5. The number of imidazole rings is 1. The van der Waals surface area contributed by atoms with E-state index in [0.717, 1.165) is 12.4 Å². The number of hydrogen-bond acceptors (Lipinski definition) is 2. The first kappa shape index (κ1) is 11.2. The molecule has 0 atom stereocenters. The SMILES string of the molecule is CC.CN(C)Cc1nccn1C. The van der Waals surface area contributed by atoms with Crippen molar-refractivity contribution in [3.63, 3.8) is 0 Å². The van der Waals surface area contributed by atoms with Crippen LogP contribution in [0.1, 0.15) is 19.7 Å². The summed E-state index contributed by atoms with van der Waals surface area (Å²) in [4.78, 5) is 6.28. The van der Waals surface area contributed by atoms with Crippen LogP contribution >= 0.6 is 0 Å². The van der Waals surface area contributed by atoms with Crippen LogP contribution in [0.3, 0.4) is 0 Å². The Balaban J connectivity index is 0.000000561. The summed E-state index contributed by atoms with van der Waals surface area (Å²) < 4.78 is 2.03. The van der Waals surface area contributed by atoms with Crippen molar-refractivity contribution in [1.82, 2.24) is 14.5 Å². The summed E-state index contributed by atoms with van der Waals surface area (Å²) in [6, 6.07) is 0. The minimum Gasteiger partial charge on any atom is -0.337 e. The van der Waals surface area contributed by atoms with E-state index < -0.39 is 0 Å². The Morgan fingerprint density at radius 1 is 1.42 bits per heavy atom. The van der Waals surface area contributed by atoms with Crippen LogP contribution in [0.25, 0.3) is 0 Å². The van der Waals surface area contributed by atoms with Crippen LogP contribution in [0.15, 0.2) is 12.4 Å². The molecule has 0 N–H and O–H groups in total. The molecule has 0 bridgehead atoms. The second-order valence-corrected chi connectivity index (χ2v) is 2.69. The van der Waals surface area contributed by atoms with Crippen molar-refractivity contribution in [2.75, 3.05) is 14.1 Å². The van der Waals surface area contributed by atoms with Crippen LogP contribution in [-0.4, -0.2) is 28.5 Å². The van der Waals surface area contributed by atoms with Gasteiger partial charge in [0.15, 0.2) is 0 Å². The molecule has 0 aliphatic carbocycles. The molecule has 12 heavy (non-hydrogen) atoms. The minimum absolute atomic E-state index is 0.906. The van der Waals surface area contributed by atoms with E-state index in [4.69, 9.17) is 0 Å². The summed E-state index contributed by atoms with van der Waals surface area (Å²) in [7, 11) is 6.08. The molecule has 0 saturated carbocycles. The second-order valence-electron chi connectivity index (χ2n) is 2.69. The number of rotatable bonds is 2. The van der Waals surface area contributed by atoms with E-state index in [0.29, 0.717) is 0 Å². The Labute approximate surface area is 75.0 Å². The largest absolute Gasteiger partial charge is 0.337 e. The second kappa shape index (κ2) is 5.77. The third-order valence-electron chi connectivity index (χ3n) is 1.38. The lowest BCUT2D eigenvalue weighted by molar-refractivity contribution is 0.385. The number of nitrogens with zero attached hydrogens (tertiary/aromatic N) is 3. The first-order chi connectivity index (χ1) is 5.70. The molecule has 1 aromatic rings. The molecule has 0 saturated heterocycles. The van der Waals surface area contributed by atoms with Crippen molar-refractivity contribution in [2.45, 2.75) is 20.4 Å². The summed E-state index contributed by atoms with van der Waals surface area (Å²) in [5.41, 5.74) is 0. The van der Waals surface area contributed by atoms with Gasteiger partial charge in [-0.05, 0) is 14.1 Å². The zero-order valence-electron chi connectivity index (χ0n) is 8.70. The van der Waals surface area contributed by atoms with E-state index in [-0.39, 0.29) is 0 Å². The fraction of sp³-hybridized carbons (Fsp3) is 0.667. The van der Waals surface area contributed by atoms with Crippen molar-refractivity contribution >= 4 is 0 Å². The molecule has 0 aromatic carbocycles. The maximum Gasteiger partial charge on any atom is 0.122 e. The van der Waals surface area contributed by atoms with E-state index in [1.807, 2.05) is 52.0 Å². The zero-order chi connectivity index (χ0) is 9.56. The molecule has 1 heterocycles. The van der Waals surface area contributed by atoms with E-state index >= 15 is 0 Å². The Bertz CT molecular complexity index is 203. The van der Waals surface area contributed by atoms with Crippen LogP contribution in [0.2, 0.25) is 0 Å². The van der Waals surface area contributed by atoms with Gasteiger partial charge in [-0.25, -0.2) is 4.98 Å². The maximum atomic E-state index is 4.18. The van der Waals surface area contributed by atoms with Gasteiger partial charge >= 0.3 is 0 Å². The highest BCUT2D eigenvalue weighted by Gasteiger charge is 1.98. The van der Waals surface area contributed by atoms with Gasteiger partial charge in [0.05, 0.1) is 6.54 Å². The molecular weight excluding hydrogens is 150 g/mol. The Hall–Kier alpha value is -0.830. The lowest BCUT2D eigenvalue weighted by Gasteiger charge is -2.08. The van der Waals surface area contributed by atoms with Crippen molar-refractivity contribution in [3.05, 3.63) is 18.2 Å². The molecule has 0 aliphatic heterocycles. The van der Waals surface area contributed by atoms with E-state index in [1.54, 1.807) is 0 Å². The Morgan fingerprint density at radius 2 is 2.00 bits per heavy atom. The summed E-state index contributed by atoms with van der Waals surface area (Å²) >= 11 is 0. The van der Waals surface area contributed by atoms with Gasteiger partial charge in [0.25, 0.3) is 0 Å². The van der Waals surface area contributed by atoms with Crippen molar-refractivity contribution in [1.29, 1.82) is 0 Å². The molecule has 0 amide bonds. The van der Waals surface area contributed by atoms with Gasteiger partial charge in [-0.1, -0.05) is 13.8 Å². The molecule has 0 radical (unpaired) electrons. The van der Waals surface area contributed by atoms with Gasteiger partial charge in [-0.2, -0.15) is 0 Å². The van der Waals surface area contributed by atoms with Crippen molar-refractivity contribution in [2.24, 2.45) is 7.05 Å². The molecule has 0 unspecified atom stereocenters. The average molecular weight is 169 g/mol. The van der Waals surface area contributed by atoms with Crippen LogP contribution in [-0.2, 0) is 13.6 Å². The standard InChI is InChI=1S/C7H13N3.C2H6/c1-9(2)6-7-8-4-5-10(7)3;1-2/h4-5H,6H2,1-3H3;1-2H3. The highest BCUT2D eigenvalue weighted by Crippen LogP contribution is 1.95. The topological polar surface area (TPSA) is 21.1 Å². The molecule has 3 nitrogen and oxygen atoms in total. The highest BCUT2D eigenvalue weighted by atomic mass is 15.1. The number of aryl methyl sites for hydroxylation is 1. The van der Waals surface area contributed by atoms with Crippen LogP contribution in [0, 0.1) is 0 Å². The monoisotopic (exact) mass is 169 g/mol. The fourth-order valence-electron chi connectivity index (χ4n) is 0.832. The van der Waals surface area contributed by atoms with E-state index in [2.05, 4.69) is 9.88 Å². The molecule has 0 fully saturated rings. The highest BCUT2D eigenvalue weighted by molar-refractivity contribution is 4.89. The van der Waals surface area contributed by atoms with E-state index in [9.17, 15) is 0 Å². The quantitative estimate of drug-likeness (QED) is 0.669. The molecule has 1 rings (SSSR count). The smallest absolute Gasteiger partial charge is 0.122 e. The first-order valence-corrected chi connectivity index (χ1v) is 4.31. The zero-order valence-corrected chi connectivity index (χ0v) is 8.70.